The summed E-state index contributed by atoms with van der Waals surface area (Å²) in [6.07, 6.45) is -2.90. The van der Waals surface area contributed by atoms with E-state index in [9.17, 15) is 21.6 Å². The van der Waals surface area contributed by atoms with Crippen molar-refractivity contribution in [2.75, 3.05) is 31.1 Å². The zero-order valence-corrected chi connectivity index (χ0v) is 14.0. The molecule has 1 aromatic carbocycles. The van der Waals surface area contributed by atoms with E-state index >= 15 is 0 Å². The molecule has 24 heavy (non-hydrogen) atoms. The highest BCUT2D eigenvalue weighted by Crippen LogP contribution is 2.31. The summed E-state index contributed by atoms with van der Waals surface area (Å²) in [5, 5.41) is 2.65. The summed E-state index contributed by atoms with van der Waals surface area (Å²) >= 11 is 1.46. The molecule has 1 fully saturated rings. The summed E-state index contributed by atoms with van der Waals surface area (Å²) in [6.45, 7) is 1.31. The van der Waals surface area contributed by atoms with Crippen LogP contribution in [0.15, 0.2) is 40.7 Å². The lowest BCUT2D eigenvalue weighted by atomic mass is 10.2. The Hall–Kier alpha value is -1.65. The standard InChI is InChI=1S/C14H14F3N3O2S2/c15-14(16,17)11-2-1-3-12(10-11)24(21,22)20-7-5-19(6-8-20)13-18-4-9-23-13/h1-4,9-10H,5-8H2. The van der Waals surface area contributed by atoms with Crippen LogP contribution in [0.5, 0.6) is 0 Å². The first-order valence-corrected chi connectivity index (χ1v) is 9.42. The van der Waals surface area contributed by atoms with E-state index in [4.69, 9.17) is 0 Å². The van der Waals surface area contributed by atoms with Gasteiger partial charge in [-0.1, -0.05) is 6.07 Å². The van der Waals surface area contributed by atoms with Crippen molar-refractivity contribution in [1.29, 1.82) is 0 Å². The fourth-order valence-electron chi connectivity index (χ4n) is 2.47. The van der Waals surface area contributed by atoms with Gasteiger partial charge in [0.25, 0.3) is 0 Å². The van der Waals surface area contributed by atoms with Crippen LogP contribution in [0.25, 0.3) is 0 Å². The first-order valence-electron chi connectivity index (χ1n) is 7.10. The van der Waals surface area contributed by atoms with Crippen molar-refractivity contribution in [3.8, 4) is 0 Å². The number of thiazole rings is 1. The fraction of sp³-hybridized carbons (Fsp3) is 0.357. The van der Waals surface area contributed by atoms with Gasteiger partial charge in [-0.2, -0.15) is 17.5 Å². The summed E-state index contributed by atoms with van der Waals surface area (Å²) < 4.78 is 64.7. The summed E-state index contributed by atoms with van der Waals surface area (Å²) in [4.78, 5) is 5.80. The number of rotatable bonds is 3. The molecule has 1 aliphatic heterocycles. The van der Waals surface area contributed by atoms with Gasteiger partial charge in [0.1, 0.15) is 0 Å². The molecule has 0 spiro atoms. The Kier molecular flexibility index (Phi) is 4.54. The maximum Gasteiger partial charge on any atom is 0.416 e. The quantitative estimate of drug-likeness (QED) is 0.825. The Bertz CT molecular complexity index is 799. The Labute approximate surface area is 141 Å². The zero-order chi connectivity index (χ0) is 17.4. The summed E-state index contributed by atoms with van der Waals surface area (Å²) in [5.41, 5.74) is -0.968. The first-order chi connectivity index (χ1) is 11.3. The lowest BCUT2D eigenvalue weighted by Crippen LogP contribution is -2.48. The summed E-state index contributed by atoms with van der Waals surface area (Å²) in [6, 6.07) is 3.85. The highest BCUT2D eigenvalue weighted by atomic mass is 32.2. The number of alkyl halides is 3. The third-order valence-corrected chi connectivity index (χ3v) is 6.45. The number of nitrogens with zero attached hydrogens (tertiary/aromatic N) is 3. The van der Waals surface area contributed by atoms with Gasteiger partial charge in [-0.05, 0) is 18.2 Å². The van der Waals surface area contributed by atoms with E-state index in [0.29, 0.717) is 19.2 Å². The van der Waals surface area contributed by atoms with E-state index in [2.05, 4.69) is 4.98 Å². The molecule has 0 N–H and O–H groups in total. The third kappa shape index (κ3) is 3.40. The topological polar surface area (TPSA) is 53.5 Å². The Morgan fingerprint density at radius 3 is 2.42 bits per heavy atom. The molecule has 10 heteroatoms. The van der Waals surface area contributed by atoms with Crippen LogP contribution in [0.2, 0.25) is 0 Å². The van der Waals surface area contributed by atoms with Crippen molar-refractivity contribution >= 4 is 26.5 Å². The normalized spacial score (nSPS) is 17.2. The number of hydrogen-bond acceptors (Lipinski definition) is 5. The van der Waals surface area contributed by atoms with Gasteiger partial charge in [0.2, 0.25) is 10.0 Å². The van der Waals surface area contributed by atoms with Crippen molar-refractivity contribution in [3.05, 3.63) is 41.4 Å². The SMILES string of the molecule is O=S(=O)(c1cccc(C(F)(F)F)c1)N1CCN(c2nccs2)CC1. The number of hydrogen-bond donors (Lipinski definition) is 0. The van der Waals surface area contributed by atoms with Crippen LogP contribution in [-0.4, -0.2) is 43.9 Å². The van der Waals surface area contributed by atoms with Gasteiger partial charge in [0, 0.05) is 37.8 Å². The summed E-state index contributed by atoms with van der Waals surface area (Å²) in [5.74, 6) is 0. The van der Waals surface area contributed by atoms with E-state index in [1.807, 2.05) is 10.3 Å². The predicted molar refractivity (Wildman–Crippen MR) is 84.5 cm³/mol. The third-order valence-electron chi connectivity index (χ3n) is 3.73. The monoisotopic (exact) mass is 377 g/mol. The van der Waals surface area contributed by atoms with Gasteiger partial charge in [-0.25, -0.2) is 13.4 Å². The molecule has 0 saturated carbocycles. The molecule has 0 unspecified atom stereocenters. The van der Waals surface area contributed by atoms with Crippen molar-refractivity contribution in [3.63, 3.8) is 0 Å². The average Bonchev–Trinajstić information content (AvgIpc) is 3.09. The molecule has 5 nitrogen and oxygen atoms in total. The zero-order valence-electron chi connectivity index (χ0n) is 12.4. The van der Waals surface area contributed by atoms with E-state index in [0.717, 1.165) is 17.3 Å². The molecule has 1 saturated heterocycles. The van der Waals surface area contributed by atoms with Gasteiger partial charge >= 0.3 is 6.18 Å². The highest BCUT2D eigenvalue weighted by molar-refractivity contribution is 7.89. The second-order valence-electron chi connectivity index (χ2n) is 5.23. The molecule has 2 heterocycles. The van der Waals surface area contributed by atoms with Gasteiger partial charge in [-0.3, -0.25) is 0 Å². The number of benzene rings is 1. The molecular formula is C14H14F3N3O2S2. The van der Waals surface area contributed by atoms with Crippen molar-refractivity contribution in [2.24, 2.45) is 0 Å². The minimum Gasteiger partial charge on any atom is -0.345 e. The van der Waals surface area contributed by atoms with Gasteiger partial charge in [-0.15, -0.1) is 11.3 Å². The van der Waals surface area contributed by atoms with Gasteiger partial charge in [0.05, 0.1) is 10.5 Å². The van der Waals surface area contributed by atoms with Gasteiger partial charge in [0.15, 0.2) is 5.13 Å². The minimum absolute atomic E-state index is 0.207. The number of anilines is 1. The number of halogens is 3. The Morgan fingerprint density at radius 1 is 1.12 bits per heavy atom. The number of aromatic nitrogens is 1. The van der Waals surface area contributed by atoms with Crippen LogP contribution in [0.1, 0.15) is 5.56 Å². The second-order valence-corrected chi connectivity index (χ2v) is 8.04. The van der Waals surface area contributed by atoms with Crippen LogP contribution >= 0.6 is 11.3 Å². The molecule has 3 rings (SSSR count). The molecule has 0 radical (unpaired) electrons. The molecule has 130 valence electrons. The first kappa shape index (κ1) is 17.2. The lowest BCUT2D eigenvalue weighted by Gasteiger charge is -2.33. The minimum atomic E-state index is -4.57. The molecule has 2 aromatic rings. The van der Waals surface area contributed by atoms with Crippen LogP contribution < -0.4 is 4.90 Å². The fourth-order valence-corrected chi connectivity index (χ4v) is 4.64. The number of piperazine rings is 1. The smallest absolute Gasteiger partial charge is 0.345 e. The van der Waals surface area contributed by atoms with E-state index < -0.39 is 21.8 Å². The molecule has 0 bridgehead atoms. The van der Waals surface area contributed by atoms with Crippen molar-refractivity contribution < 1.29 is 21.6 Å². The van der Waals surface area contributed by atoms with Crippen molar-refractivity contribution in [1.82, 2.24) is 9.29 Å². The maximum absolute atomic E-state index is 12.8. The molecule has 0 amide bonds. The van der Waals surface area contributed by atoms with E-state index in [1.54, 1.807) is 6.20 Å². The van der Waals surface area contributed by atoms with Crippen LogP contribution in [0, 0.1) is 0 Å². The molecular weight excluding hydrogens is 363 g/mol. The molecule has 0 atom stereocenters. The van der Waals surface area contributed by atoms with Gasteiger partial charge < -0.3 is 4.90 Å². The second kappa shape index (κ2) is 6.34. The average molecular weight is 377 g/mol. The largest absolute Gasteiger partial charge is 0.416 e. The molecule has 0 aliphatic carbocycles. The van der Waals surface area contributed by atoms with Crippen molar-refractivity contribution in [2.45, 2.75) is 11.1 Å². The summed E-state index contributed by atoms with van der Waals surface area (Å²) in [7, 11) is -3.95. The molecule has 1 aromatic heterocycles. The van der Waals surface area contributed by atoms with Crippen LogP contribution in [-0.2, 0) is 16.2 Å². The predicted octanol–water partition coefficient (Wildman–Crippen LogP) is 2.67. The number of sulfonamides is 1. The van der Waals surface area contributed by atoms with Crippen LogP contribution in [0.3, 0.4) is 0 Å². The molecule has 1 aliphatic rings. The van der Waals surface area contributed by atoms with Crippen LogP contribution in [0.4, 0.5) is 18.3 Å². The Morgan fingerprint density at radius 2 is 1.83 bits per heavy atom. The maximum atomic E-state index is 12.8. The lowest BCUT2D eigenvalue weighted by molar-refractivity contribution is -0.137. The highest BCUT2D eigenvalue weighted by Gasteiger charge is 2.34. The Balaban J connectivity index is 1.77. The van der Waals surface area contributed by atoms with E-state index in [-0.39, 0.29) is 18.0 Å². The van der Waals surface area contributed by atoms with E-state index in [1.165, 1.54) is 21.7 Å².